The van der Waals surface area contributed by atoms with E-state index in [9.17, 15) is 0 Å². The Bertz CT molecular complexity index is 279. The molecule has 0 aromatic rings. The van der Waals surface area contributed by atoms with Crippen molar-refractivity contribution in [1.29, 1.82) is 10.5 Å². The molecule has 1 saturated carbocycles. The molecule has 0 spiro atoms. The van der Waals surface area contributed by atoms with Crippen LogP contribution in [0.5, 0.6) is 0 Å². The molecule has 0 aromatic heterocycles. The van der Waals surface area contributed by atoms with Gasteiger partial charge in [-0.2, -0.15) is 10.5 Å². The van der Waals surface area contributed by atoms with E-state index in [0.717, 1.165) is 18.4 Å². The van der Waals surface area contributed by atoms with Crippen LogP contribution in [0.15, 0.2) is 11.1 Å². The second-order valence-electron chi connectivity index (χ2n) is 3.86. The quantitative estimate of drug-likeness (QED) is 0.638. The smallest absolute Gasteiger partial charge is 0.129 e. The Hall–Kier alpha value is -1.28. The van der Waals surface area contributed by atoms with Crippen LogP contribution in [0.3, 0.4) is 0 Å². The molecule has 1 aliphatic rings. The standard InChI is InChI=1S/C12H16N2/c1-2-5-12(11(8-13)9-14)10-6-3-4-7-10/h10H,2-7H2,1H3. The van der Waals surface area contributed by atoms with Gasteiger partial charge >= 0.3 is 0 Å². The summed E-state index contributed by atoms with van der Waals surface area (Å²) >= 11 is 0. The summed E-state index contributed by atoms with van der Waals surface area (Å²) in [5, 5.41) is 17.7. The average Bonchev–Trinajstić information content (AvgIpc) is 2.71. The van der Waals surface area contributed by atoms with Gasteiger partial charge in [0.15, 0.2) is 0 Å². The lowest BCUT2D eigenvalue weighted by molar-refractivity contribution is 0.603. The summed E-state index contributed by atoms with van der Waals surface area (Å²) in [7, 11) is 0. The lowest BCUT2D eigenvalue weighted by atomic mass is 9.90. The monoisotopic (exact) mass is 188 g/mol. The summed E-state index contributed by atoms with van der Waals surface area (Å²) < 4.78 is 0. The molecule has 0 amide bonds. The molecular formula is C12H16N2. The van der Waals surface area contributed by atoms with E-state index in [1.807, 2.05) is 12.1 Å². The zero-order valence-corrected chi connectivity index (χ0v) is 8.71. The summed E-state index contributed by atoms with van der Waals surface area (Å²) in [5.74, 6) is 0.518. The zero-order valence-electron chi connectivity index (χ0n) is 8.71. The highest BCUT2D eigenvalue weighted by molar-refractivity contribution is 5.41. The van der Waals surface area contributed by atoms with E-state index in [4.69, 9.17) is 10.5 Å². The molecule has 1 fully saturated rings. The van der Waals surface area contributed by atoms with Crippen LogP contribution in [0, 0.1) is 28.6 Å². The molecule has 0 heterocycles. The number of rotatable bonds is 3. The average molecular weight is 188 g/mol. The van der Waals surface area contributed by atoms with Crippen molar-refractivity contribution in [3.05, 3.63) is 11.1 Å². The second kappa shape index (κ2) is 5.45. The predicted octanol–water partition coefficient (Wildman–Crippen LogP) is 3.32. The van der Waals surface area contributed by atoms with Gasteiger partial charge in [-0.3, -0.25) is 0 Å². The maximum Gasteiger partial charge on any atom is 0.129 e. The van der Waals surface area contributed by atoms with Crippen molar-refractivity contribution in [3.8, 4) is 12.1 Å². The highest BCUT2D eigenvalue weighted by Crippen LogP contribution is 2.34. The molecule has 14 heavy (non-hydrogen) atoms. The molecule has 0 N–H and O–H groups in total. The van der Waals surface area contributed by atoms with Crippen LogP contribution >= 0.6 is 0 Å². The number of nitriles is 2. The van der Waals surface area contributed by atoms with Crippen molar-refractivity contribution in [3.63, 3.8) is 0 Å². The van der Waals surface area contributed by atoms with Gasteiger partial charge < -0.3 is 0 Å². The largest absolute Gasteiger partial charge is 0.192 e. The minimum Gasteiger partial charge on any atom is -0.192 e. The minimum absolute atomic E-state index is 0.374. The van der Waals surface area contributed by atoms with Crippen molar-refractivity contribution in [2.24, 2.45) is 5.92 Å². The summed E-state index contributed by atoms with van der Waals surface area (Å²) in [5.41, 5.74) is 1.49. The van der Waals surface area contributed by atoms with Crippen LogP contribution in [-0.4, -0.2) is 0 Å². The fourth-order valence-electron chi connectivity index (χ4n) is 2.25. The second-order valence-corrected chi connectivity index (χ2v) is 3.86. The Labute approximate surface area is 85.8 Å². The molecule has 2 heteroatoms. The summed E-state index contributed by atoms with van der Waals surface area (Å²) in [4.78, 5) is 0. The first-order valence-electron chi connectivity index (χ1n) is 5.36. The van der Waals surface area contributed by atoms with Gasteiger partial charge in [0.2, 0.25) is 0 Å². The van der Waals surface area contributed by atoms with Gasteiger partial charge in [0.05, 0.1) is 0 Å². The van der Waals surface area contributed by atoms with Crippen LogP contribution in [0.2, 0.25) is 0 Å². The molecule has 2 nitrogen and oxygen atoms in total. The SMILES string of the molecule is CCCC(=C(C#N)C#N)C1CCCC1. The van der Waals surface area contributed by atoms with E-state index < -0.39 is 0 Å². The van der Waals surface area contributed by atoms with Crippen molar-refractivity contribution >= 4 is 0 Å². The molecule has 0 aromatic carbocycles. The van der Waals surface area contributed by atoms with Gasteiger partial charge in [-0.15, -0.1) is 0 Å². The van der Waals surface area contributed by atoms with Gasteiger partial charge in [0, 0.05) is 0 Å². The number of hydrogen-bond acceptors (Lipinski definition) is 2. The fraction of sp³-hybridized carbons (Fsp3) is 0.667. The van der Waals surface area contributed by atoms with E-state index in [1.165, 1.54) is 25.7 Å². The maximum absolute atomic E-state index is 8.85. The van der Waals surface area contributed by atoms with Crippen molar-refractivity contribution in [2.45, 2.75) is 45.4 Å². The molecule has 0 aliphatic heterocycles. The van der Waals surface area contributed by atoms with Crippen molar-refractivity contribution in [2.75, 3.05) is 0 Å². The lowest BCUT2D eigenvalue weighted by Crippen LogP contribution is -2.01. The molecule has 0 unspecified atom stereocenters. The summed E-state index contributed by atoms with van der Waals surface area (Å²) in [6.45, 7) is 2.10. The molecule has 0 saturated heterocycles. The zero-order chi connectivity index (χ0) is 10.4. The first kappa shape index (κ1) is 10.8. The highest BCUT2D eigenvalue weighted by Gasteiger charge is 2.21. The Morgan fingerprint density at radius 3 is 2.21 bits per heavy atom. The summed E-state index contributed by atoms with van der Waals surface area (Å²) in [6, 6.07) is 4.06. The summed E-state index contributed by atoms with van der Waals surface area (Å²) in [6.07, 6.45) is 6.79. The minimum atomic E-state index is 0.374. The van der Waals surface area contributed by atoms with Crippen molar-refractivity contribution < 1.29 is 0 Å². The Morgan fingerprint density at radius 1 is 1.21 bits per heavy atom. The third-order valence-corrected chi connectivity index (χ3v) is 2.91. The third-order valence-electron chi connectivity index (χ3n) is 2.91. The van der Waals surface area contributed by atoms with Crippen LogP contribution < -0.4 is 0 Å². The Balaban J connectivity index is 2.88. The van der Waals surface area contributed by atoms with E-state index in [2.05, 4.69) is 6.92 Å². The molecule has 0 atom stereocenters. The number of nitrogens with zero attached hydrogens (tertiary/aromatic N) is 2. The molecular weight excluding hydrogens is 172 g/mol. The van der Waals surface area contributed by atoms with E-state index >= 15 is 0 Å². The van der Waals surface area contributed by atoms with E-state index in [0.29, 0.717) is 11.5 Å². The van der Waals surface area contributed by atoms with Crippen LogP contribution in [0.25, 0.3) is 0 Å². The van der Waals surface area contributed by atoms with Gasteiger partial charge in [-0.1, -0.05) is 26.2 Å². The lowest BCUT2D eigenvalue weighted by Gasteiger charge is -2.13. The number of hydrogen-bond donors (Lipinski definition) is 0. The third kappa shape index (κ3) is 2.36. The van der Waals surface area contributed by atoms with Gasteiger partial charge in [0.25, 0.3) is 0 Å². The Kier molecular flexibility index (Phi) is 4.20. The fourth-order valence-corrected chi connectivity index (χ4v) is 2.25. The van der Waals surface area contributed by atoms with Crippen LogP contribution in [0.4, 0.5) is 0 Å². The normalized spacial score (nSPS) is 15.9. The maximum atomic E-state index is 8.85. The van der Waals surface area contributed by atoms with Crippen LogP contribution in [0.1, 0.15) is 45.4 Å². The van der Waals surface area contributed by atoms with E-state index in [1.54, 1.807) is 0 Å². The first-order valence-corrected chi connectivity index (χ1v) is 5.36. The first-order chi connectivity index (χ1) is 6.83. The molecule has 1 aliphatic carbocycles. The van der Waals surface area contributed by atoms with Crippen LogP contribution in [-0.2, 0) is 0 Å². The molecule has 74 valence electrons. The predicted molar refractivity (Wildman–Crippen MR) is 55.1 cm³/mol. The van der Waals surface area contributed by atoms with Crippen molar-refractivity contribution in [1.82, 2.24) is 0 Å². The van der Waals surface area contributed by atoms with Gasteiger partial charge in [-0.05, 0) is 30.8 Å². The van der Waals surface area contributed by atoms with Gasteiger partial charge in [0.1, 0.15) is 17.7 Å². The topological polar surface area (TPSA) is 47.6 Å². The molecule has 0 bridgehead atoms. The highest BCUT2D eigenvalue weighted by atomic mass is 14.3. The Morgan fingerprint density at radius 2 is 1.79 bits per heavy atom. The number of allylic oxidation sites excluding steroid dienone is 2. The van der Waals surface area contributed by atoms with Gasteiger partial charge in [-0.25, -0.2) is 0 Å². The molecule has 0 radical (unpaired) electrons. The van der Waals surface area contributed by atoms with E-state index in [-0.39, 0.29) is 0 Å². The molecule has 1 rings (SSSR count).